The fourth-order valence-electron chi connectivity index (χ4n) is 3.02. The minimum Gasteiger partial charge on any atom is -0.361 e. The van der Waals surface area contributed by atoms with E-state index in [1.165, 1.54) is 35.0 Å². The van der Waals surface area contributed by atoms with Crippen LogP contribution in [0.2, 0.25) is 0 Å². The summed E-state index contributed by atoms with van der Waals surface area (Å²) in [4.78, 5) is 19.8. The Morgan fingerprint density at radius 1 is 1.39 bits per heavy atom. The molecule has 7 heteroatoms. The molecule has 0 saturated carbocycles. The number of thiophene rings is 1. The van der Waals surface area contributed by atoms with Crippen LogP contribution in [0.5, 0.6) is 0 Å². The molecule has 4 rings (SSSR count). The van der Waals surface area contributed by atoms with Crippen LogP contribution in [-0.2, 0) is 25.6 Å². The van der Waals surface area contributed by atoms with Gasteiger partial charge in [-0.05, 0) is 38.2 Å². The number of nitrogens with zero attached hydrogens (tertiary/aromatic N) is 3. The van der Waals surface area contributed by atoms with Gasteiger partial charge in [-0.1, -0.05) is 16.9 Å². The fourth-order valence-corrected chi connectivity index (χ4v) is 5.18. The molecule has 1 aliphatic carbocycles. The van der Waals surface area contributed by atoms with Crippen LogP contribution in [0, 0.1) is 6.92 Å². The molecule has 1 aliphatic rings. The largest absolute Gasteiger partial charge is 0.361 e. The van der Waals surface area contributed by atoms with Crippen molar-refractivity contribution in [3.8, 4) is 0 Å². The second kappa shape index (κ2) is 5.79. The maximum absolute atomic E-state index is 12.8. The lowest BCUT2D eigenvalue weighted by molar-refractivity contribution is 0.393. The van der Waals surface area contributed by atoms with Gasteiger partial charge in [-0.25, -0.2) is 4.98 Å². The molecule has 3 heterocycles. The molecule has 0 aliphatic heterocycles. The van der Waals surface area contributed by atoms with Gasteiger partial charge >= 0.3 is 0 Å². The van der Waals surface area contributed by atoms with Gasteiger partial charge in [0, 0.05) is 23.7 Å². The molecule has 0 spiro atoms. The minimum atomic E-state index is 0.0771. The topological polar surface area (TPSA) is 60.9 Å². The molecule has 0 amide bonds. The first-order chi connectivity index (χ1) is 11.1. The van der Waals surface area contributed by atoms with E-state index in [9.17, 15) is 4.79 Å². The molecule has 3 aromatic heterocycles. The van der Waals surface area contributed by atoms with E-state index in [2.05, 4.69) is 5.16 Å². The standard InChI is InChI=1S/C16H17N3O2S2/c1-9-7-10(18-21-9)8-22-16-17-14-13(15(20)19(16)2)11-5-3-4-6-12(11)23-14/h7H,3-6,8H2,1-2H3. The second-order valence-corrected chi connectivity index (χ2v) is 7.89. The highest BCUT2D eigenvalue weighted by Crippen LogP contribution is 2.34. The van der Waals surface area contributed by atoms with Crippen molar-refractivity contribution in [1.29, 1.82) is 0 Å². The van der Waals surface area contributed by atoms with Gasteiger partial charge in [-0.15, -0.1) is 11.3 Å². The van der Waals surface area contributed by atoms with Gasteiger partial charge in [0.1, 0.15) is 10.6 Å². The molecular formula is C16H17N3O2S2. The Bertz CT molecular complexity index is 939. The summed E-state index contributed by atoms with van der Waals surface area (Å²) in [6, 6.07) is 1.91. The number of thioether (sulfide) groups is 1. The number of aromatic nitrogens is 3. The van der Waals surface area contributed by atoms with Crippen LogP contribution in [-0.4, -0.2) is 14.7 Å². The molecule has 0 N–H and O–H groups in total. The Morgan fingerprint density at radius 2 is 2.22 bits per heavy atom. The SMILES string of the molecule is Cc1cc(CSc2nc3sc4c(c3c(=O)n2C)CCCC4)no1. The van der Waals surface area contributed by atoms with Crippen molar-refractivity contribution in [2.75, 3.05) is 0 Å². The molecule has 120 valence electrons. The molecule has 0 radical (unpaired) electrons. The fraction of sp³-hybridized carbons (Fsp3) is 0.438. The van der Waals surface area contributed by atoms with Crippen molar-refractivity contribution >= 4 is 33.3 Å². The summed E-state index contributed by atoms with van der Waals surface area (Å²) in [5, 5.41) is 5.57. The van der Waals surface area contributed by atoms with E-state index in [1.54, 1.807) is 23.0 Å². The predicted octanol–water partition coefficient (Wildman–Crippen LogP) is 3.46. The number of hydrogen-bond acceptors (Lipinski definition) is 6. The highest BCUT2D eigenvalue weighted by atomic mass is 32.2. The van der Waals surface area contributed by atoms with Crippen molar-refractivity contribution in [2.24, 2.45) is 7.05 Å². The quantitative estimate of drug-likeness (QED) is 0.536. The highest BCUT2D eigenvalue weighted by Gasteiger charge is 2.21. The summed E-state index contributed by atoms with van der Waals surface area (Å²) in [5.41, 5.74) is 2.19. The van der Waals surface area contributed by atoms with Crippen molar-refractivity contribution in [2.45, 2.75) is 43.5 Å². The van der Waals surface area contributed by atoms with Crippen LogP contribution in [0.15, 0.2) is 20.5 Å². The summed E-state index contributed by atoms with van der Waals surface area (Å²) in [6.45, 7) is 1.87. The van der Waals surface area contributed by atoms with Gasteiger partial charge in [0.05, 0.1) is 11.1 Å². The van der Waals surface area contributed by atoms with E-state index in [4.69, 9.17) is 9.51 Å². The first-order valence-electron chi connectivity index (χ1n) is 7.70. The van der Waals surface area contributed by atoms with Crippen molar-refractivity contribution in [1.82, 2.24) is 14.7 Å². The molecular weight excluding hydrogens is 330 g/mol. The number of aryl methyl sites for hydroxylation is 3. The van der Waals surface area contributed by atoms with Gasteiger partial charge in [-0.2, -0.15) is 0 Å². The maximum Gasteiger partial charge on any atom is 0.262 e. The molecule has 0 unspecified atom stereocenters. The lowest BCUT2D eigenvalue weighted by atomic mass is 9.97. The van der Waals surface area contributed by atoms with E-state index < -0.39 is 0 Å². The van der Waals surface area contributed by atoms with E-state index in [1.807, 2.05) is 13.0 Å². The van der Waals surface area contributed by atoms with Crippen LogP contribution in [0.4, 0.5) is 0 Å². The van der Waals surface area contributed by atoms with Crippen LogP contribution in [0.3, 0.4) is 0 Å². The second-order valence-electron chi connectivity index (χ2n) is 5.87. The normalized spacial score (nSPS) is 14.3. The van der Waals surface area contributed by atoms with Crippen molar-refractivity contribution in [3.05, 3.63) is 38.3 Å². The average molecular weight is 347 g/mol. The third-order valence-electron chi connectivity index (χ3n) is 4.18. The Balaban J connectivity index is 1.73. The molecule has 0 bridgehead atoms. The van der Waals surface area contributed by atoms with Crippen LogP contribution in [0.1, 0.15) is 34.7 Å². The summed E-state index contributed by atoms with van der Waals surface area (Å²) >= 11 is 3.22. The Morgan fingerprint density at radius 3 is 3.00 bits per heavy atom. The molecule has 5 nitrogen and oxygen atoms in total. The van der Waals surface area contributed by atoms with Crippen LogP contribution < -0.4 is 5.56 Å². The summed E-state index contributed by atoms with van der Waals surface area (Å²) in [5.74, 6) is 1.44. The Hall–Kier alpha value is -1.60. The van der Waals surface area contributed by atoms with Gasteiger partial charge in [-0.3, -0.25) is 9.36 Å². The summed E-state index contributed by atoms with van der Waals surface area (Å²) < 4.78 is 6.75. The third-order valence-corrected chi connectivity index (χ3v) is 6.43. The first kappa shape index (κ1) is 15.0. The lowest BCUT2D eigenvalue weighted by Gasteiger charge is -2.10. The lowest BCUT2D eigenvalue weighted by Crippen LogP contribution is -2.20. The molecule has 3 aromatic rings. The third kappa shape index (κ3) is 2.61. The zero-order chi connectivity index (χ0) is 16.0. The number of rotatable bonds is 3. The van der Waals surface area contributed by atoms with Crippen LogP contribution in [0.25, 0.3) is 10.2 Å². The average Bonchev–Trinajstić information content (AvgIpc) is 3.12. The summed E-state index contributed by atoms with van der Waals surface area (Å²) in [6.07, 6.45) is 4.48. The van der Waals surface area contributed by atoms with Crippen molar-refractivity contribution in [3.63, 3.8) is 0 Å². The monoisotopic (exact) mass is 347 g/mol. The van der Waals surface area contributed by atoms with Gasteiger partial charge in [0.25, 0.3) is 5.56 Å². The molecule has 0 aromatic carbocycles. The van der Waals surface area contributed by atoms with Gasteiger partial charge in [0.2, 0.25) is 0 Å². The van der Waals surface area contributed by atoms with Crippen molar-refractivity contribution < 1.29 is 4.52 Å². The van der Waals surface area contributed by atoms with Crippen LogP contribution >= 0.6 is 23.1 Å². The highest BCUT2D eigenvalue weighted by molar-refractivity contribution is 7.98. The van der Waals surface area contributed by atoms with E-state index in [0.29, 0.717) is 5.75 Å². The smallest absolute Gasteiger partial charge is 0.262 e. The van der Waals surface area contributed by atoms with Gasteiger partial charge < -0.3 is 4.52 Å². The Kier molecular flexibility index (Phi) is 3.77. The molecule has 0 fully saturated rings. The molecule has 0 atom stereocenters. The van der Waals surface area contributed by atoms with E-state index in [-0.39, 0.29) is 5.56 Å². The minimum absolute atomic E-state index is 0.0771. The molecule has 23 heavy (non-hydrogen) atoms. The zero-order valence-electron chi connectivity index (χ0n) is 13.1. The number of hydrogen-bond donors (Lipinski definition) is 0. The maximum atomic E-state index is 12.8. The summed E-state index contributed by atoms with van der Waals surface area (Å²) in [7, 11) is 1.80. The van der Waals surface area contributed by atoms with E-state index >= 15 is 0 Å². The van der Waals surface area contributed by atoms with Gasteiger partial charge in [0.15, 0.2) is 5.16 Å². The first-order valence-corrected chi connectivity index (χ1v) is 9.50. The zero-order valence-corrected chi connectivity index (χ0v) is 14.7. The molecule has 0 saturated heterocycles. The predicted molar refractivity (Wildman–Crippen MR) is 92.3 cm³/mol. The number of fused-ring (bicyclic) bond motifs is 3. The Labute approximate surface area is 141 Å². The van der Waals surface area contributed by atoms with E-state index in [0.717, 1.165) is 39.7 Å².